The topological polar surface area (TPSA) is 35.5 Å². The molecule has 0 saturated heterocycles. The molecule has 0 aromatic heterocycles. The van der Waals surface area contributed by atoms with E-state index in [0.717, 1.165) is 17.7 Å². The van der Waals surface area contributed by atoms with E-state index in [0.29, 0.717) is 19.4 Å². The predicted octanol–water partition coefficient (Wildman–Crippen LogP) is 2.23. The van der Waals surface area contributed by atoms with E-state index in [9.17, 15) is 4.79 Å². The Labute approximate surface area is 96.4 Å². The summed E-state index contributed by atoms with van der Waals surface area (Å²) in [6.45, 7) is 0.647. The Morgan fingerprint density at radius 1 is 1.19 bits per heavy atom. The molecule has 3 heteroatoms. The van der Waals surface area contributed by atoms with Gasteiger partial charge in [0.25, 0.3) is 0 Å². The third kappa shape index (κ3) is 4.45. The first-order chi connectivity index (χ1) is 7.76. The second kappa shape index (κ2) is 7.01. The molecule has 0 saturated carbocycles. The lowest BCUT2D eigenvalue weighted by molar-refractivity contribution is -0.118. The van der Waals surface area contributed by atoms with Crippen molar-refractivity contribution in [2.45, 2.75) is 19.3 Å². The van der Waals surface area contributed by atoms with Gasteiger partial charge in [-0.25, -0.2) is 0 Å². The van der Waals surface area contributed by atoms with E-state index in [4.69, 9.17) is 9.47 Å². The van der Waals surface area contributed by atoms with Crippen molar-refractivity contribution in [3.8, 4) is 5.75 Å². The number of rotatable bonds is 7. The molecule has 0 atom stereocenters. The van der Waals surface area contributed by atoms with Gasteiger partial charge < -0.3 is 9.47 Å². The maximum Gasteiger partial charge on any atom is 0.137 e. The highest BCUT2D eigenvalue weighted by atomic mass is 16.5. The van der Waals surface area contributed by atoms with Gasteiger partial charge in [0, 0.05) is 26.6 Å². The van der Waals surface area contributed by atoms with E-state index in [1.165, 1.54) is 0 Å². The fourth-order valence-corrected chi connectivity index (χ4v) is 1.47. The maximum absolute atomic E-state index is 11.6. The van der Waals surface area contributed by atoms with Crippen molar-refractivity contribution < 1.29 is 14.3 Å². The van der Waals surface area contributed by atoms with Gasteiger partial charge in [0.1, 0.15) is 11.5 Å². The van der Waals surface area contributed by atoms with Crippen molar-refractivity contribution >= 4 is 5.78 Å². The number of hydrogen-bond acceptors (Lipinski definition) is 3. The summed E-state index contributed by atoms with van der Waals surface area (Å²) < 4.78 is 9.96. The zero-order valence-electron chi connectivity index (χ0n) is 9.86. The molecule has 16 heavy (non-hydrogen) atoms. The highest BCUT2D eigenvalue weighted by molar-refractivity contribution is 5.80. The minimum absolute atomic E-state index is 0.252. The number of methoxy groups -OCH3 is 2. The van der Waals surface area contributed by atoms with Crippen LogP contribution in [0, 0.1) is 0 Å². The Kier molecular flexibility index (Phi) is 5.57. The Morgan fingerprint density at radius 2 is 1.88 bits per heavy atom. The summed E-state index contributed by atoms with van der Waals surface area (Å²) in [6.07, 6.45) is 1.87. The van der Waals surface area contributed by atoms with Gasteiger partial charge in [0.15, 0.2) is 0 Å². The van der Waals surface area contributed by atoms with Gasteiger partial charge in [-0.05, 0) is 24.1 Å². The molecule has 0 bridgehead atoms. The molecule has 0 heterocycles. The summed E-state index contributed by atoms with van der Waals surface area (Å²) in [6, 6.07) is 7.59. The Morgan fingerprint density at radius 3 is 2.44 bits per heavy atom. The van der Waals surface area contributed by atoms with Crippen LogP contribution in [0.4, 0.5) is 0 Å². The molecule has 0 amide bonds. The molecule has 3 nitrogen and oxygen atoms in total. The summed E-state index contributed by atoms with van der Waals surface area (Å²) in [7, 11) is 3.28. The number of Topliss-reactive ketones (excluding diaryl/α,β-unsaturated/α-hetero) is 1. The number of ketones is 1. The maximum atomic E-state index is 11.6. The van der Waals surface area contributed by atoms with Crippen LogP contribution in [0.2, 0.25) is 0 Å². The van der Waals surface area contributed by atoms with E-state index in [2.05, 4.69) is 0 Å². The number of ether oxygens (including phenoxy) is 2. The van der Waals surface area contributed by atoms with Gasteiger partial charge >= 0.3 is 0 Å². The quantitative estimate of drug-likeness (QED) is 0.664. The summed E-state index contributed by atoms with van der Waals surface area (Å²) >= 11 is 0. The van der Waals surface area contributed by atoms with Crippen LogP contribution in [0.1, 0.15) is 18.4 Å². The first-order valence-electron chi connectivity index (χ1n) is 5.40. The molecule has 0 aliphatic heterocycles. The van der Waals surface area contributed by atoms with E-state index >= 15 is 0 Å². The van der Waals surface area contributed by atoms with Crippen molar-refractivity contribution in [3.05, 3.63) is 29.8 Å². The molecule has 0 spiro atoms. The second-order valence-corrected chi connectivity index (χ2v) is 3.66. The molecule has 0 unspecified atom stereocenters. The number of benzene rings is 1. The molecular weight excluding hydrogens is 204 g/mol. The van der Waals surface area contributed by atoms with Gasteiger partial charge in [-0.2, -0.15) is 0 Å². The number of carbonyl (C=O) groups is 1. The SMILES string of the molecule is COCCCC(=O)Cc1ccc(OC)cc1. The van der Waals surface area contributed by atoms with Gasteiger partial charge in [0.05, 0.1) is 7.11 Å². The Bertz CT molecular complexity index is 316. The van der Waals surface area contributed by atoms with Crippen molar-refractivity contribution in [1.29, 1.82) is 0 Å². The Hall–Kier alpha value is -1.35. The molecule has 0 fully saturated rings. The van der Waals surface area contributed by atoms with E-state index in [1.54, 1.807) is 14.2 Å². The molecule has 0 aliphatic rings. The van der Waals surface area contributed by atoms with Gasteiger partial charge in [-0.1, -0.05) is 12.1 Å². The van der Waals surface area contributed by atoms with E-state index in [1.807, 2.05) is 24.3 Å². The number of hydrogen-bond donors (Lipinski definition) is 0. The molecular formula is C13H18O3. The van der Waals surface area contributed by atoms with Crippen molar-refractivity contribution in [2.75, 3.05) is 20.8 Å². The highest BCUT2D eigenvalue weighted by Crippen LogP contribution is 2.12. The second-order valence-electron chi connectivity index (χ2n) is 3.66. The van der Waals surface area contributed by atoms with Crippen LogP contribution in [0.3, 0.4) is 0 Å². The summed E-state index contributed by atoms with van der Waals surface area (Å²) in [5, 5.41) is 0. The van der Waals surface area contributed by atoms with Crippen molar-refractivity contribution in [3.63, 3.8) is 0 Å². The first kappa shape index (κ1) is 12.7. The molecule has 88 valence electrons. The molecule has 0 N–H and O–H groups in total. The molecule has 0 aliphatic carbocycles. The van der Waals surface area contributed by atoms with Crippen LogP contribution in [-0.4, -0.2) is 26.6 Å². The average molecular weight is 222 g/mol. The summed E-state index contributed by atoms with van der Waals surface area (Å²) in [5.41, 5.74) is 1.03. The lowest BCUT2D eigenvalue weighted by atomic mass is 10.1. The van der Waals surface area contributed by atoms with Gasteiger partial charge in [-0.3, -0.25) is 4.79 Å². The zero-order valence-corrected chi connectivity index (χ0v) is 9.86. The minimum Gasteiger partial charge on any atom is -0.497 e. The van der Waals surface area contributed by atoms with Crippen molar-refractivity contribution in [1.82, 2.24) is 0 Å². The standard InChI is InChI=1S/C13H18O3/c1-15-9-3-4-12(14)10-11-5-7-13(16-2)8-6-11/h5-8H,3-4,9-10H2,1-2H3. The Balaban J connectivity index is 2.37. The molecule has 0 radical (unpaired) electrons. The highest BCUT2D eigenvalue weighted by Gasteiger charge is 2.03. The molecule has 1 aromatic rings. The fourth-order valence-electron chi connectivity index (χ4n) is 1.47. The van der Waals surface area contributed by atoms with E-state index in [-0.39, 0.29) is 5.78 Å². The lowest BCUT2D eigenvalue weighted by Crippen LogP contribution is -2.04. The zero-order chi connectivity index (χ0) is 11.8. The monoisotopic (exact) mass is 222 g/mol. The first-order valence-corrected chi connectivity index (χ1v) is 5.40. The van der Waals surface area contributed by atoms with Crippen LogP contribution in [0.25, 0.3) is 0 Å². The summed E-state index contributed by atoms with van der Waals surface area (Å²) in [4.78, 5) is 11.6. The third-order valence-electron chi connectivity index (χ3n) is 2.36. The smallest absolute Gasteiger partial charge is 0.137 e. The van der Waals surface area contributed by atoms with Crippen LogP contribution in [-0.2, 0) is 16.0 Å². The van der Waals surface area contributed by atoms with E-state index < -0.39 is 0 Å². The van der Waals surface area contributed by atoms with Gasteiger partial charge in [0.2, 0.25) is 0 Å². The molecule has 1 aromatic carbocycles. The van der Waals surface area contributed by atoms with Crippen molar-refractivity contribution in [2.24, 2.45) is 0 Å². The molecule has 1 rings (SSSR count). The average Bonchev–Trinajstić information content (AvgIpc) is 2.30. The predicted molar refractivity (Wildman–Crippen MR) is 62.8 cm³/mol. The lowest BCUT2D eigenvalue weighted by Gasteiger charge is -2.03. The van der Waals surface area contributed by atoms with Gasteiger partial charge in [-0.15, -0.1) is 0 Å². The summed E-state index contributed by atoms with van der Waals surface area (Å²) in [5.74, 6) is 1.07. The van der Waals surface area contributed by atoms with Crippen LogP contribution in [0.5, 0.6) is 5.75 Å². The third-order valence-corrected chi connectivity index (χ3v) is 2.36. The van der Waals surface area contributed by atoms with Crippen LogP contribution in [0.15, 0.2) is 24.3 Å². The van der Waals surface area contributed by atoms with Crippen LogP contribution < -0.4 is 4.74 Å². The normalized spacial score (nSPS) is 10.1. The minimum atomic E-state index is 0.252. The fraction of sp³-hybridized carbons (Fsp3) is 0.462. The number of carbonyl (C=O) groups excluding carboxylic acids is 1. The largest absolute Gasteiger partial charge is 0.497 e. The van der Waals surface area contributed by atoms with Crippen LogP contribution >= 0.6 is 0 Å².